The van der Waals surface area contributed by atoms with Crippen LogP contribution in [0.4, 0.5) is 0 Å². The van der Waals surface area contributed by atoms with Crippen molar-refractivity contribution in [1.29, 1.82) is 0 Å². The molecule has 0 radical (unpaired) electrons. The third kappa shape index (κ3) is 1.90. The number of allylic oxidation sites excluding steroid dienone is 4. The van der Waals surface area contributed by atoms with Crippen LogP contribution in [0, 0.1) is 22.7 Å². The molecule has 3 nitrogen and oxygen atoms in total. The first-order chi connectivity index (χ1) is 10.9. The number of ether oxygens (including phenoxy) is 1. The summed E-state index contributed by atoms with van der Waals surface area (Å²) in [5.41, 5.74) is 2.44. The molecule has 1 saturated carbocycles. The van der Waals surface area contributed by atoms with Crippen LogP contribution in [0.2, 0.25) is 0 Å². The van der Waals surface area contributed by atoms with E-state index in [1.54, 1.807) is 7.11 Å². The molecule has 4 rings (SSSR count). The van der Waals surface area contributed by atoms with E-state index in [-0.39, 0.29) is 22.9 Å². The molecule has 1 fully saturated rings. The first-order valence-electron chi connectivity index (χ1n) is 8.63. The summed E-state index contributed by atoms with van der Waals surface area (Å²) in [6.07, 6.45) is 12.4. The highest BCUT2D eigenvalue weighted by atomic mass is 16.5. The summed E-state index contributed by atoms with van der Waals surface area (Å²) in [4.78, 5) is 0. The first-order valence-corrected chi connectivity index (χ1v) is 8.63. The molecule has 4 aliphatic carbocycles. The van der Waals surface area contributed by atoms with Gasteiger partial charge in [-0.1, -0.05) is 43.7 Å². The molecule has 0 spiro atoms. The zero-order valence-electron chi connectivity index (χ0n) is 14.1. The highest BCUT2D eigenvalue weighted by Crippen LogP contribution is 2.61. The van der Waals surface area contributed by atoms with E-state index in [2.05, 4.69) is 32.1 Å². The number of rotatable bonds is 1. The molecule has 0 heterocycles. The Balaban J connectivity index is 1.87. The van der Waals surface area contributed by atoms with Crippen LogP contribution in [-0.2, 0) is 4.74 Å². The SMILES string of the molecule is COC1=C2[C@@H](CC[C@]3(C)C(O)C=C[C@@H]23)[C@@]2(C)C=CC(O)CC2=C1. The van der Waals surface area contributed by atoms with Gasteiger partial charge in [0, 0.05) is 16.7 Å². The summed E-state index contributed by atoms with van der Waals surface area (Å²) >= 11 is 0. The van der Waals surface area contributed by atoms with Crippen LogP contribution in [0.15, 0.2) is 47.3 Å². The minimum Gasteiger partial charge on any atom is -0.497 e. The van der Waals surface area contributed by atoms with Gasteiger partial charge in [-0.3, -0.25) is 0 Å². The first kappa shape index (κ1) is 15.2. The van der Waals surface area contributed by atoms with Crippen molar-refractivity contribution in [2.75, 3.05) is 7.11 Å². The topological polar surface area (TPSA) is 49.7 Å². The van der Waals surface area contributed by atoms with Gasteiger partial charge in [-0.15, -0.1) is 0 Å². The summed E-state index contributed by atoms with van der Waals surface area (Å²) in [5, 5.41) is 20.5. The van der Waals surface area contributed by atoms with Crippen molar-refractivity contribution in [2.45, 2.75) is 45.3 Å². The summed E-state index contributed by atoms with van der Waals surface area (Å²) in [6, 6.07) is 0. The highest BCUT2D eigenvalue weighted by molar-refractivity contribution is 5.47. The molecule has 0 aromatic rings. The van der Waals surface area contributed by atoms with Crippen molar-refractivity contribution in [3.05, 3.63) is 47.3 Å². The molecule has 124 valence electrons. The molecule has 0 amide bonds. The second kappa shape index (κ2) is 4.84. The Morgan fingerprint density at radius 1 is 1.17 bits per heavy atom. The minimum atomic E-state index is -0.393. The van der Waals surface area contributed by atoms with Gasteiger partial charge in [0.2, 0.25) is 0 Å². The molecule has 0 saturated heterocycles. The zero-order valence-corrected chi connectivity index (χ0v) is 14.1. The van der Waals surface area contributed by atoms with Crippen LogP contribution < -0.4 is 0 Å². The Morgan fingerprint density at radius 3 is 2.70 bits per heavy atom. The van der Waals surface area contributed by atoms with Gasteiger partial charge in [-0.05, 0) is 36.8 Å². The van der Waals surface area contributed by atoms with E-state index >= 15 is 0 Å². The van der Waals surface area contributed by atoms with Gasteiger partial charge in [-0.25, -0.2) is 0 Å². The molecule has 2 unspecified atom stereocenters. The fourth-order valence-electron chi connectivity index (χ4n) is 5.28. The lowest BCUT2D eigenvalue weighted by Gasteiger charge is -2.53. The molecule has 0 bridgehead atoms. The van der Waals surface area contributed by atoms with Crippen molar-refractivity contribution >= 4 is 0 Å². The summed E-state index contributed by atoms with van der Waals surface area (Å²) in [7, 11) is 1.73. The van der Waals surface area contributed by atoms with Gasteiger partial charge in [0.15, 0.2) is 0 Å². The van der Waals surface area contributed by atoms with Crippen molar-refractivity contribution in [3.63, 3.8) is 0 Å². The normalized spacial score (nSPS) is 47.8. The summed E-state index contributed by atoms with van der Waals surface area (Å²) < 4.78 is 5.76. The number of aliphatic hydroxyl groups excluding tert-OH is 2. The summed E-state index contributed by atoms with van der Waals surface area (Å²) in [5.74, 6) is 1.56. The molecule has 0 aromatic heterocycles. The Kier molecular flexibility index (Phi) is 3.20. The van der Waals surface area contributed by atoms with E-state index in [0.29, 0.717) is 12.3 Å². The Bertz CT molecular complexity index is 656. The molecular weight excluding hydrogens is 288 g/mol. The van der Waals surface area contributed by atoms with E-state index in [1.807, 2.05) is 12.2 Å². The minimum absolute atomic E-state index is 0.0424. The van der Waals surface area contributed by atoms with Crippen LogP contribution in [0.1, 0.15) is 33.1 Å². The van der Waals surface area contributed by atoms with Crippen molar-refractivity contribution < 1.29 is 14.9 Å². The fraction of sp³-hybridized carbons (Fsp3) is 0.600. The van der Waals surface area contributed by atoms with E-state index in [4.69, 9.17) is 4.74 Å². The number of methoxy groups -OCH3 is 1. The maximum Gasteiger partial charge on any atom is 0.118 e. The second-order valence-electron chi connectivity index (χ2n) is 8.01. The van der Waals surface area contributed by atoms with Gasteiger partial charge >= 0.3 is 0 Å². The van der Waals surface area contributed by atoms with E-state index in [1.165, 1.54) is 11.1 Å². The lowest BCUT2D eigenvalue weighted by molar-refractivity contribution is 0.0230. The third-order valence-electron chi connectivity index (χ3n) is 6.87. The number of hydrogen-bond donors (Lipinski definition) is 2. The van der Waals surface area contributed by atoms with Gasteiger partial charge in [-0.2, -0.15) is 0 Å². The quantitative estimate of drug-likeness (QED) is 0.731. The molecule has 4 aliphatic rings. The Labute approximate surface area is 138 Å². The molecule has 3 heteroatoms. The number of aliphatic hydroxyl groups is 2. The number of hydrogen-bond acceptors (Lipinski definition) is 3. The lowest BCUT2D eigenvalue weighted by Crippen LogP contribution is -2.46. The molecular formula is C20H26O3. The lowest BCUT2D eigenvalue weighted by atomic mass is 9.52. The van der Waals surface area contributed by atoms with E-state index < -0.39 is 6.10 Å². The van der Waals surface area contributed by atoms with E-state index in [9.17, 15) is 10.2 Å². The molecule has 23 heavy (non-hydrogen) atoms. The van der Waals surface area contributed by atoms with Crippen LogP contribution in [0.5, 0.6) is 0 Å². The highest BCUT2D eigenvalue weighted by Gasteiger charge is 2.55. The maximum absolute atomic E-state index is 10.5. The van der Waals surface area contributed by atoms with Crippen molar-refractivity contribution in [3.8, 4) is 0 Å². The number of fused-ring (bicyclic) bond motifs is 5. The van der Waals surface area contributed by atoms with E-state index in [0.717, 1.165) is 18.6 Å². The summed E-state index contributed by atoms with van der Waals surface area (Å²) in [6.45, 7) is 4.48. The maximum atomic E-state index is 10.5. The second-order valence-corrected chi connectivity index (χ2v) is 8.01. The van der Waals surface area contributed by atoms with Gasteiger partial charge in [0.1, 0.15) is 5.76 Å². The molecule has 0 aliphatic heterocycles. The van der Waals surface area contributed by atoms with Crippen LogP contribution in [-0.4, -0.2) is 29.5 Å². The monoisotopic (exact) mass is 314 g/mol. The average Bonchev–Trinajstić information content (AvgIpc) is 2.83. The Hall–Kier alpha value is -1.32. The van der Waals surface area contributed by atoms with Crippen LogP contribution >= 0.6 is 0 Å². The van der Waals surface area contributed by atoms with Crippen molar-refractivity contribution in [2.24, 2.45) is 22.7 Å². The van der Waals surface area contributed by atoms with Crippen LogP contribution in [0.3, 0.4) is 0 Å². The standard InChI is InChI=1S/C20H26O3/c1-19-8-6-13(21)10-12(19)11-16(23-3)18-14-4-5-17(22)20(14,2)9-7-15(18)19/h4-6,8,11,13-15,17,21-22H,7,9-10H2,1-3H3/t13?,14-,15+,17?,19-,20-/m0/s1. The molecule has 6 atom stereocenters. The molecule has 2 N–H and O–H groups in total. The fourth-order valence-corrected chi connectivity index (χ4v) is 5.28. The average molecular weight is 314 g/mol. The smallest absolute Gasteiger partial charge is 0.118 e. The van der Waals surface area contributed by atoms with Gasteiger partial charge < -0.3 is 14.9 Å². The predicted molar refractivity (Wildman–Crippen MR) is 89.5 cm³/mol. The Morgan fingerprint density at radius 2 is 1.96 bits per heavy atom. The van der Waals surface area contributed by atoms with Crippen molar-refractivity contribution in [1.82, 2.24) is 0 Å². The molecule has 0 aromatic carbocycles. The third-order valence-corrected chi connectivity index (χ3v) is 6.87. The zero-order chi connectivity index (χ0) is 16.4. The predicted octanol–water partition coefficient (Wildman–Crippen LogP) is 3.12. The largest absolute Gasteiger partial charge is 0.497 e. The van der Waals surface area contributed by atoms with Gasteiger partial charge in [0.25, 0.3) is 0 Å². The van der Waals surface area contributed by atoms with Gasteiger partial charge in [0.05, 0.1) is 19.3 Å². The van der Waals surface area contributed by atoms with Crippen LogP contribution in [0.25, 0.3) is 0 Å².